The van der Waals surface area contributed by atoms with E-state index in [1.165, 1.54) is 6.21 Å². The van der Waals surface area contributed by atoms with Crippen molar-refractivity contribution in [1.29, 1.82) is 5.41 Å². The van der Waals surface area contributed by atoms with Crippen LogP contribution in [0, 0.1) is 5.41 Å². The van der Waals surface area contributed by atoms with Crippen LogP contribution < -0.4 is 0 Å². The first-order valence-corrected chi connectivity index (χ1v) is 1.53. The van der Waals surface area contributed by atoms with Gasteiger partial charge < -0.3 is 5.41 Å². The van der Waals surface area contributed by atoms with Crippen LogP contribution in [-0.4, -0.2) is 6.21 Å². The smallest absolute Gasteiger partial charge is 0.0174 e. The molecule has 0 bridgehead atoms. The number of hydrogen-bond acceptors (Lipinski definition) is 1. The maximum atomic E-state index is 6.39. The first kappa shape index (κ1) is 4.41. The molecule has 0 aromatic heterocycles. The molecule has 0 aromatic carbocycles. The summed E-state index contributed by atoms with van der Waals surface area (Å²) in [4.78, 5) is 0. The van der Waals surface area contributed by atoms with Crippen molar-refractivity contribution in [3.8, 4) is 0 Å². The highest BCUT2D eigenvalue weighted by Gasteiger charge is 1.43. The molecule has 0 aliphatic rings. The summed E-state index contributed by atoms with van der Waals surface area (Å²) in [7, 11) is 0. The van der Waals surface area contributed by atoms with Crippen molar-refractivity contribution < 1.29 is 0 Å². The van der Waals surface area contributed by atoms with Crippen molar-refractivity contribution in [3.05, 3.63) is 12.2 Å². The molecule has 0 radical (unpaired) electrons. The lowest BCUT2D eigenvalue weighted by atomic mass is 10.6. The Hall–Kier alpha value is -0.590. The Bertz CT molecular complexity index is 45.6. The molecule has 0 amide bonds. The number of allylic oxidation sites excluding steroid dienone is 2. The minimum absolute atomic E-state index is 1.25. The molecule has 0 unspecified atom stereocenters. The second-order valence-corrected chi connectivity index (χ2v) is 0.692. The molecular weight excluding hydrogens is 62.1 g/mol. The first-order valence-electron chi connectivity index (χ1n) is 1.53. The Kier molecular flexibility index (Phi) is 3.01. The normalized spacial score (nSPS) is 9.00. The second-order valence-electron chi connectivity index (χ2n) is 0.692. The number of rotatable bonds is 1. The first-order chi connectivity index (χ1) is 2.41. The fraction of sp³-hybridized carbons (Fsp3) is 0.250. The van der Waals surface area contributed by atoms with E-state index < -0.39 is 0 Å². The summed E-state index contributed by atoms with van der Waals surface area (Å²) in [5.41, 5.74) is 0. The third-order valence-electron chi connectivity index (χ3n) is 0.289. The lowest BCUT2D eigenvalue weighted by molar-refractivity contribution is 1.57. The third kappa shape index (κ3) is 3.41. The molecule has 5 heavy (non-hydrogen) atoms. The van der Waals surface area contributed by atoms with Crippen molar-refractivity contribution in [3.63, 3.8) is 0 Å². The van der Waals surface area contributed by atoms with Gasteiger partial charge in [0.05, 0.1) is 0 Å². The van der Waals surface area contributed by atoms with Crippen molar-refractivity contribution >= 4 is 6.21 Å². The maximum absolute atomic E-state index is 6.39. The van der Waals surface area contributed by atoms with E-state index in [0.29, 0.717) is 0 Å². The summed E-state index contributed by atoms with van der Waals surface area (Å²) >= 11 is 0. The van der Waals surface area contributed by atoms with E-state index >= 15 is 0 Å². The molecule has 0 aliphatic carbocycles. The van der Waals surface area contributed by atoms with Gasteiger partial charge in [-0.3, -0.25) is 0 Å². The van der Waals surface area contributed by atoms with Crippen LogP contribution in [0.2, 0.25) is 0 Å². The quantitative estimate of drug-likeness (QED) is 0.447. The molecule has 0 aromatic rings. The molecule has 0 saturated heterocycles. The predicted octanol–water partition coefficient (Wildman–Crippen LogP) is 1.21. The molecule has 0 saturated carbocycles. The van der Waals surface area contributed by atoms with E-state index in [0.717, 1.165) is 0 Å². The largest absolute Gasteiger partial charge is 0.309 e. The lowest BCUT2D eigenvalue weighted by Crippen LogP contribution is -1.48. The Morgan fingerprint density at radius 2 is 2.20 bits per heavy atom. The van der Waals surface area contributed by atoms with E-state index in [2.05, 4.69) is 0 Å². The molecule has 28 valence electrons. The minimum Gasteiger partial charge on any atom is -0.309 e. The third-order valence-corrected chi connectivity index (χ3v) is 0.289. The topological polar surface area (TPSA) is 23.9 Å². The van der Waals surface area contributed by atoms with Crippen molar-refractivity contribution in [2.24, 2.45) is 0 Å². The molecule has 0 heterocycles. The Balaban J connectivity index is 2.92. The summed E-state index contributed by atoms with van der Waals surface area (Å²) in [6.45, 7) is 1.88. The highest BCUT2D eigenvalue weighted by atomic mass is 14.3. The van der Waals surface area contributed by atoms with Crippen LogP contribution in [0.4, 0.5) is 0 Å². The summed E-state index contributed by atoms with van der Waals surface area (Å²) in [6, 6.07) is 0. The highest BCUT2D eigenvalue weighted by molar-refractivity contribution is 5.67. The average molecular weight is 69.1 g/mol. The second kappa shape index (κ2) is 3.41. The van der Waals surface area contributed by atoms with Crippen LogP contribution in [0.25, 0.3) is 0 Å². The SMILES string of the molecule is CC=CC=N. The Labute approximate surface area is 31.8 Å². The van der Waals surface area contributed by atoms with Gasteiger partial charge in [-0.1, -0.05) is 6.08 Å². The molecule has 0 atom stereocenters. The molecule has 0 spiro atoms. The molecule has 1 heteroatoms. The maximum Gasteiger partial charge on any atom is 0.0174 e. The fourth-order valence-corrected chi connectivity index (χ4v) is 0.0962. The van der Waals surface area contributed by atoms with E-state index in [1.807, 2.05) is 13.0 Å². The molecule has 1 nitrogen and oxygen atoms in total. The minimum atomic E-state index is 1.25. The number of hydrogen-bond donors (Lipinski definition) is 1. The lowest BCUT2D eigenvalue weighted by Gasteiger charge is -1.54. The van der Waals surface area contributed by atoms with Gasteiger partial charge in [-0.25, -0.2) is 0 Å². The van der Waals surface area contributed by atoms with Gasteiger partial charge in [0, 0.05) is 6.21 Å². The zero-order valence-corrected chi connectivity index (χ0v) is 3.23. The van der Waals surface area contributed by atoms with Crippen LogP contribution in [0.1, 0.15) is 6.92 Å². The molecule has 1 N–H and O–H groups in total. The zero-order chi connectivity index (χ0) is 4.12. The molecule has 0 aliphatic heterocycles. The van der Waals surface area contributed by atoms with E-state index in [9.17, 15) is 0 Å². The van der Waals surface area contributed by atoms with Gasteiger partial charge in [-0.15, -0.1) is 0 Å². The van der Waals surface area contributed by atoms with Gasteiger partial charge in [0.2, 0.25) is 0 Å². The summed E-state index contributed by atoms with van der Waals surface area (Å²) in [6.07, 6.45) is 4.73. The Morgan fingerprint density at radius 3 is 2.20 bits per heavy atom. The molecular formula is C4H7N. The molecule has 0 rings (SSSR count). The van der Waals surface area contributed by atoms with Crippen molar-refractivity contribution in [2.75, 3.05) is 0 Å². The van der Waals surface area contributed by atoms with Gasteiger partial charge in [0.25, 0.3) is 0 Å². The van der Waals surface area contributed by atoms with Crippen molar-refractivity contribution in [1.82, 2.24) is 0 Å². The average Bonchev–Trinajstić information content (AvgIpc) is 1.41. The number of nitrogens with one attached hydrogen (secondary N) is 1. The predicted molar refractivity (Wildman–Crippen MR) is 23.6 cm³/mol. The van der Waals surface area contributed by atoms with Crippen LogP contribution in [0.5, 0.6) is 0 Å². The van der Waals surface area contributed by atoms with E-state index in [1.54, 1.807) is 6.08 Å². The van der Waals surface area contributed by atoms with Gasteiger partial charge in [-0.05, 0) is 13.0 Å². The summed E-state index contributed by atoms with van der Waals surface area (Å²) in [5, 5.41) is 6.39. The van der Waals surface area contributed by atoms with Crippen LogP contribution in [0.3, 0.4) is 0 Å². The van der Waals surface area contributed by atoms with Crippen molar-refractivity contribution in [2.45, 2.75) is 6.92 Å². The monoisotopic (exact) mass is 69.1 g/mol. The van der Waals surface area contributed by atoms with Gasteiger partial charge in [-0.2, -0.15) is 0 Å². The van der Waals surface area contributed by atoms with Gasteiger partial charge in [0.1, 0.15) is 0 Å². The Morgan fingerprint density at radius 1 is 1.60 bits per heavy atom. The summed E-state index contributed by atoms with van der Waals surface area (Å²) in [5.74, 6) is 0. The zero-order valence-electron chi connectivity index (χ0n) is 3.23. The summed E-state index contributed by atoms with van der Waals surface area (Å²) < 4.78 is 0. The van der Waals surface area contributed by atoms with E-state index in [4.69, 9.17) is 5.41 Å². The van der Waals surface area contributed by atoms with Crippen LogP contribution in [-0.2, 0) is 0 Å². The van der Waals surface area contributed by atoms with Gasteiger partial charge >= 0.3 is 0 Å². The molecule has 0 fully saturated rings. The van der Waals surface area contributed by atoms with E-state index in [-0.39, 0.29) is 0 Å². The highest BCUT2D eigenvalue weighted by Crippen LogP contribution is 1.55. The van der Waals surface area contributed by atoms with Gasteiger partial charge in [0.15, 0.2) is 0 Å². The fourth-order valence-electron chi connectivity index (χ4n) is 0.0962. The van der Waals surface area contributed by atoms with Crippen LogP contribution in [0.15, 0.2) is 12.2 Å². The standard InChI is InChI=1S/C4H7N/c1-2-3-4-5/h2-5H,1H3. The van der Waals surface area contributed by atoms with Crippen LogP contribution >= 0.6 is 0 Å².